The number of likely N-dealkylation sites (N-methyl/N-ethyl adjacent to an activating group) is 1. The number of nitro groups is 1. The molecule has 0 aliphatic rings. The van der Waals surface area contributed by atoms with E-state index in [1.54, 1.807) is 33.7 Å². The van der Waals surface area contributed by atoms with Gasteiger partial charge in [0.2, 0.25) is 11.8 Å². The Bertz CT molecular complexity index is 1290. The minimum atomic E-state index is -4.04. The standard InChI is InChI=1S/C22H24N4O6S/c1-3-24(4-2)22(28)14-25-13-20(18-7-5-6-8-19(18)25)33(31,32)15-21(27)23-16-9-11-17(12-10-16)26(29)30/h5-13H,3-4,14-15H2,1-2H3,(H,23,27). The predicted octanol–water partition coefficient (Wildman–Crippen LogP) is 2.83. The van der Waals surface area contributed by atoms with Crippen molar-refractivity contribution in [2.45, 2.75) is 25.3 Å². The first-order chi connectivity index (χ1) is 15.7. The second kappa shape index (κ2) is 9.82. The molecular weight excluding hydrogens is 448 g/mol. The summed E-state index contributed by atoms with van der Waals surface area (Å²) in [4.78, 5) is 36.8. The number of nitrogens with one attached hydrogen (secondary N) is 1. The van der Waals surface area contributed by atoms with Gasteiger partial charge in [0.25, 0.3) is 5.69 Å². The van der Waals surface area contributed by atoms with E-state index in [0.717, 1.165) is 0 Å². The van der Waals surface area contributed by atoms with Crippen molar-refractivity contribution in [1.29, 1.82) is 0 Å². The van der Waals surface area contributed by atoms with Crippen molar-refractivity contribution in [1.82, 2.24) is 9.47 Å². The van der Waals surface area contributed by atoms with Gasteiger partial charge in [0.1, 0.15) is 12.3 Å². The van der Waals surface area contributed by atoms with Crippen LogP contribution in [0.25, 0.3) is 10.9 Å². The van der Waals surface area contributed by atoms with Crippen molar-refractivity contribution in [2.75, 3.05) is 24.2 Å². The molecular formula is C22H24N4O6S. The molecule has 0 aliphatic carbocycles. The fraction of sp³-hybridized carbons (Fsp3) is 0.273. The summed E-state index contributed by atoms with van der Waals surface area (Å²) >= 11 is 0. The summed E-state index contributed by atoms with van der Waals surface area (Å²) in [6.07, 6.45) is 1.39. The summed E-state index contributed by atoms with van der Waals surface area (Å²) in [6, 6.07) is 11.9. The number of carbonyl (C=O) groups is 2. The molecule has 0 saturated carbocycles. The van der Waals surface area contributed by atoms with Crippen LogP contribution < -0.4 is 5.32 Å². The number of aromatic nitrogens is 1. The molecule has 10 nitrogen and oxygen atoms in total. The Labute approximate surface area is 190 Å². The van der Waals surface area contributed by atoms with E-state index in [9.17, 15) is 28.1 Å². The average molecular weight is 473 g/mol. The molecule has 1 heterocycles. The maximum Gasteiger partial charge on any atom is 0.269 e. The molecule has 0 fully saturated rings. The molecule has 11 heteroatoms. The van der Waals surface area contributed by atoms with Crippen LogP contribution in [0.4, 0.5) is 11.4 Å². The van der Waals surface area contributed by atoms with Gasteiger partial charge in [-0.2, -0.15) is 0 Å². The van der Waals surface area contributed by atoms with E-state index in [-0.39, 0.29) is 28.7 Å². The van der Waals surface area contributed by atoms with Gasteiger partial charge in [-0.25, -0.2) is 8.42 Å². The number of carbonyl (C=O) groups excluding carboxylic acids is 2. The van der Waals surface area contributed by atoms with E-state index in [4.69, 9.17) is 0 Å². The maximum absolute atomic E-state index is 13.1. The molecule has 1 N–H and O–H groups in total. The number of nitrogens with zero attached hydrogens (tertiary/aromatic N) is 3. The summed E-state index contributed by atoms with van der Waals surface area (Å²) in [6.45, 7) is 4.81. The lowest BCUT2D eigenvalue weighted by atomic mass is 10.2. The first-order valence-electron chi connectivity index (χ1n) is 10.3. The lowest BCUT2D eigenvalue weighted by Gasteiger charge is -2.19. The Morgan fingerprint density at radius 1 is 1.06 bits per heavy atom. The molecule has 0 aliphatic heterocycles. The average Bonchev–Trinajstić information content (AvgIpc) is 3.14. The van der Waals surface area contributed by atoms with Gasteiger partial charge in [0.05, 0.1) is 9.82 Å². The summed E-state index contributed by atoms with van der Waals surface area (Å²) in [5.74, 6) is -1.73. The number of non-ortho nitro benzene ring substituents is 1. The molecule has 0 atom stereocenters. The van der Waals surface area contributed by atoms with E-state index in [0.29, 0.717) is 24.0 Å². The molecule has 0 unspecified atom stereocenters. The number of nitro benzene ring substituents is 1. The number of benzene rings is 2. The Hall–Kier alpha value is -3.73. The number of hydrogen-bond acceptors (Lipinski definition) is 6. The van der Waals surface area contributed by atoms with Crippen molar-refractivity contribution in [3.8, 4) is 0 Å². The van der Waals surface area contributed by atoms with Crippen molar-refractivity contribution >= 4 is 43.9 Å². The van der Waals surface area contributed by atoms with Crippen LogP contribution in [-0.4, -0.2) is 53.5 Å². The van der Waals surface area contributed by atoms with Gasteiger partial charge in [-0.15, -0.1) is 0 Å². The number of amides is 2. The van der Waals surface area contributed by atoms with Gasteiger partial charge in [0, 0.05) is 48.0 Å². The van der Waals surface area contributed by atoms with Crippen LogP contribution in [0.3, 0.4) is 0 Å². The number of hydrogen-bond donors (Lipinski definition) is 1. The Balaban J connectivity index is 1.84. The minimum absolute atomic E-state index is 0.0211. The zero-order chi connectivity index (χ0) is 24.2. The van der Waals surface area contributed by atoms with Crippen molar-refractivity contribution < 1.29 is 22.9 Å². The predicted molar refractivity (Wildman–Crippen MR) is 124 cm³/mol. The highest BCUT2D eigenvalue weighted by Crippen LogP contribution is 2.27. The first-order valence-corrected chi connectivity index (χ1v) is 11.9. The first kappa shape index (κ1) is 23.9. The number of sulfone groups is 1. The second-order valence-electron chi connectivity index (χ2n) is 7.32. The summed E-state index contributed by atoms with van der Waals surface area (Å²) in [5, 5.41) is 13.6. The Morgan fingerprint density at radius 3 is 2.30 bits per heavy atom. The van der Waals surface area contributed by atoms with Gasteiger partial charge < -0.3 is 14.8 Å². The normalized spacial score (nSPS) is 11.3. The molecule has 174 valence electrons. The second-order valence-corrected chi connectivity index (χ2v) is 9.27. The van der Waals surface area contributed by atoms with E-state index in [1.165, 1.54) is 30.5 Å². The molecule has 3 aromatic rings. The van der Waals surface area contributed by atoms with Crippen LogP contribution in [0.2, 0.25) is 0 Å². The highest BCUT2D eigenvalue weighted by atomic mass is 32.2. The SMILES string of the molecule is CCN(CC)C(=O)Cn1cc(S(=O)(=O)CC(=O)Nc2ccc([N+](=O)[O-])cc2)c2ccccc21. The lowest BCUT2D eigenvalue weighted by molar-refractivity contribution is -0.384. The lowest BCUT2D eigenvalue weighted by Crippen LogP contribution is -2.33. The molecule has 33 heavy (non-hydrogen) atoms. The number of rotatable bonds is 9. The van der Waals surface area contributed by atoms with Gasteiger partial charge in [-0.1, -0.05) is 18.2 Å². The van der Waals surface area contributed by atoms with Gasteiger partial charge in [-0.3, -0.25) is 19.7 Å². The van der Waals surface area contributed by atoms with Crippen LogP contribution in [-0.2, 0) is 26.0 Å². The van der Waals surface area contributed by atoms with Crippen molar-refractivity contribution in [3.05, 3.63) is 64.8 Å². The van der Waals surface area contributed by atoms with Crippen molar-refractivity contribution in [3.63, 3.8) is 0 Å². The molecule has 2 amide bonds. The Kier molecular flexibility index (Phi) is 7.12. The zero-order valence-corrected chi connectivity index (χ0v) is 19.0. The summed E-state index contributed by atoms with van der Waals surface area (Å²) in [5.41, 5.74) is 0.674. The van der Waals surface area contributed by atoms with E-state index >= 15 is 0 Å². The fourth-order valence-corrected chi connectivity index (χ4v) is 4.90. The van der Waals surface area contributed by atoms with Crippen LogP contribution in [0.1, 0.15) is 13.8 Å². The van der Waals surface area contributed by atoms with Gasteiger partial charge >= 0.3 is 0 Å². The summed E-state index contributed by atoms with van der Waals surface area (Å²) in [7, 11) is -4.04. The topological polar surface area (TPSA) is 132 Å². The Morgan fingerprint density at radius 2 is 1.70 bits per heavy atom. The van der Waals surface area contributed by atoms with E-state index in [2.05, 4.69) is 5.32 Å². The quantitative estimate of drug-likeness (QED) is 0.376. The third-order valence-electron chi connectivity index (χ3n) is 5.19. The highest BCUT2D eigenvalue weighted by molar-refractivity contribution is 7.92. The van der Waals surface area contributed by atoms with E-state index < -0.39 is 26.4 Å². The molecule has 0 bridgehead atoms. The van der Waals surface area contributed by atoms with Crippen LogP contribution in [0, 0.1) is 10.1 Å². The van der Waals surface area contributed by atoms with E-state index in [1.807, 2.05) is 13.8 Å². The third kappa shape index (κ3) is 5.37. The minimum Gasteiger partial charge on any atom is -0.342 e. The molecule has 3 rings (SSSR count). The van der Waals surface area contributed by atoms with Gasteiger partial charge in [-0.05, 0) is 32.0 Å². The molecule has 0 spiro atoms. The largest absolute Gasteiger partial charge is 0.342 e. The molecule has 0 radical (unpaired) electrons. The smallest absolute Gasteiger partial charge is 0.269 e. The number of fused-ring (bicyclic) bond motifs is 1. The van der Waals surface area contributed by atoms with Crippen LogP contribution >= 0.6 is 0 Å². The molecule has 0 saturated heterocycles. The highest BCUT2D eigenvalue weighted by Gasteiger charge is 2.25. The third-order valence-corrected chi connectivity index (χ3v) is 6.83. The maximum atomic E-state index is 13.1. The van der Waals surface area contributed by atoms with Crippen LogP contribution in [0.5, 0.6) is 0 Å². The molecule has 2 aromatic carbocycles. The monoisotopic (exact) mass is 472 g/mol. The fourth-order valence-electron chi connectivity index (χ4n) is 3.53. The zero-order valence-electron chi connectivity index (χ0n) is 18.2. The number of anilines is 1. The molecule has 1 aromatic heterocycles. The van der Waals surface area contributed by atoms with Crippen molar-refractivity contribution in [2.24, 2.45) is 0 Å². The number of para-hydroxylation sites is 1. The van der Waals surface area contributed by atoms with Crippen LogP contribution in [0.15, 0.2) is 59.6 Å². The van der Waals surface area contributed by atoms with Gasteiger partial charge in [0.15, 0.2) is 9.84 Å². The summed E-state index contributed by atoms with van der Waals surface area (Å²) < 4.78 is 27.7.